The van der Waals surface area contributed by atoms with E-state index in [0.29, 0.717) is 24.0 Å². The molecular weight excluding hydrogens is 1440 g/mol. The summed E-state index contributed by atoms with van der Waals surface area (Å²) in [5, 5.41) is 69.5. The van der Waals surface area contributed by atoms with Gasteiger partial charge in [-0.2, -0.15) is 0 Å². The van der Waals surface area contributed by atoms with E-state index in [1.165, 1.54) is 67.6 Å². The number of hydrogen-bond donors (Lipinski definition) is 4. The van der Waals surface area contributed by atoms with Crippen molar-refractivity contribution in [1.29, 1.82) is 0 Å². The van der Waals surface area contributed by atoms with E-state index < -0.39 is 95.2 Å². The van der Waals surface area contributed by atoms with Crippen molar-refractivity contribution in [2.24, 2.45) is 0 Å². The van der Waals surface area contributed by atoms with Gasteiger partial charge in [0.15, 0.2) is 34.6 Å². The topological polar surface area (TPSA) is 447 Å². The molecule has 36 heteroatoms. The Hall–Kier alpha value is -11.7. The minimum atomic E-state index is -1.92. The summed E-state index contributed by atoms with van der Waals surface area (Å²) in [5.41, 5.74) is -3.77. The molecule has 3 heterocycles. The maximum Gasteiger partial charge on any atom is 1.00 e. The second-order valence-corrected chi connectivity index (χ2v) is 23.3. The molecule has 0 bridgehead atoms. The summed E-state index contributed by atoms with van der Waals surface area (Å²) in [7, 11) is 0. The van der Waals surface area contributed by atoms with Crippen LogP contribution >= 0.6 is 0 Å². The van der Waals surface area contributed by atoms with Gasteiger partial charge in [-0.1, -0.05) is 0 Å². The number of carbonyl (C=O) groups excluding carboxylic acids is 4. The van der Waals surface area contributed by atoms with Crippen LogP contribution in [0.4, 0.5) is 40.3 Å². The first-order valence-electron chi connectivity index (χ1n) is 31.7. The molecule has 1 atom stereocenters. The number of aromatic hydroxyl groups is 1. The maximum absolute atomic E-state index is 15.3. The molecule has 3 aliphatic heterocycles. The van der Waals surface area contributed by atoms with E-state index in [1.807, 2.05) is 0 Å². The van der Waals surface area contributed by atoms with E-state index in [0.717, 1.165) is 67.6 Å². The van der Waals surface area contributed by atoms with Gasteiger partial charge in [0.25, 0.3) is 34.6 Å². The molecule has 7 aromatic carbocycles. The number of carboxylic acid groups (broad SMARTS) is 1. The molecule has 0 aromatic heterocycles. The number of esters is 2. The number of nitro groups is 4. The summed E-state index contributed by atoms with van der Waals surface area (Å²) in [5.74, 6) is -9.33. The molecule has 0 saturated carbocycles. The molecule has 0 fully saturated rings. The third-order valence-electron chi connectivity index (χ3n) is 16.5. The van der Waals surface area contributed by atoms with Crippen molar-refractivity contribution < 1.29 is 144 Å². The molecule has 0 saturated heterocycles. The molecule has 7 aromatic rings. The van der Waals surface area contributed by atoms with Gasteiger partial charge in [-0.3, -0.25) is 59.6 Å². The minimum Gasteiger partial charge on any atom is -0.870 e. The van der Waals surface area contributed by atoms with Gasteiger partial charge in [0.05, 0.1) is 93.7 Å². The first kappa shape index (κ1) is 81.0. The fourth-order valence-electron chi connectivity index (χ4n) is 11.6. The molecule has 11 rings (SSSR count). The zero-order valence-corrected chi connectivity index (χ0v) is 58.6. The standard InChI is InChI=1S/C37H31F2N3O12.C34H27F2N3O12.Na.H2O/c1-20-14-32-27(17-29(20)38)37(28-18-30(39)34(52-21(2)43)19-33(28)53-32)26-15-23(6-8-25(26)36(45)54-37)35(44)40-9-11-51-13-12-50-10-3-4-22-5-7-24(41(46)47)16-31(22)42(48)49;35-25-14-23-30(16-28(25)40)51-31-17-29(41)26(36)15-24(31)32(23)22-12-19(4-6-21(22)34(43)44)33(42)37-7-9-50-11-10-49-8-1-2-18-3-5-20(38(45)46)13-27(18)39(47)48;;/h5-8,14-19H,3-4,9-13H2,1-2H3,(H,40,44);3-6,12-17,40H,1-2,7-11H2,(H,37,42)(H,43,44);;1H2/q;;+1;/p-1. The number of carbonyl (C=O) groups is 5. The van der Waals surface area contributed by atoms with Crippen molar-refractivity contribution in [3.63, 3.8) is 0 Å². The van der Waals surface area contributed by atoms with Crippen molar-refractivity contribution >= 4 is 63.4 Å². The number of amides is 2. The molecule has 1 unspecified atom stereocenters. The van der Waals surface area contributed by atoms with E-state index in [2.05, 4.69) is 10.6 Å². The number of benzene rings is 8. The van der Waals surface area contributed by atoms with Crippen LogP contribution in [0.1, 0.15) is 94.6 Å². The van der Waals surface area contributed by atoms with Crippen molar-refractivity contribution in [3.8, 4) is 45.4 Å². The van der Waals surface area contributed by atoms with E-state index >= 15 is 8.78 Å². The summed E-state index contributed by atoms with van der Waals surface area (Å²) in [6.45, 7) is 4.12. The van der Waals surface area contributed by atoms with Gasteiger partial charge in [0.1, 0.15) is 28.7 Å². The average molecular weight is 1500 g/mol. The minimum absolute atomic E-state index is 0. The largest absolute Gasteiger partial charge is 1.00 e. The zero-order valence-electron chi connectivity index (χ0n) is 56.6. The fraction of sp³-hybridized carbons (Fsp3) is 0.239. The zero-order chi connectivity index (χ0) is 75.6. The Morgan fingerprint density at radius 3 is 1.64 bits per heavy atom. The molecule has 1 spiro atoms. The number of phenols is 1. The Morgan fingerprint density at radius 2 is 1.09 bits per heavy atom. The number of nitrogens with one attached hydrogen (secondary N) is 2. The maximum atomic E-state index is 15.3. The molecule has 5 N–H and O–H groups in total. The monoisotopic (exact) mass is 1490 g/mol. The third-order valence-corrected chi connectivity index (χ3v) is 16.5. The van der Waals surface area contributed by atoms with Gasteiger partial charge >= 0.3 is 47.5 Å². The average Bonchev–Trinajstić information content (AvgIpc) is 1.59. The second-order valence-electron chi connectivity index (χ2n) is 23.3. The van der Waals surface area contributed by atoms with Gasteiger partial charge in [-0.25, -0.2) is 27.2 Å². The van der Waals surface area contributed by atoms with Gasteiger partial charge in [0.2, 0.25) is 5.43 Å². The van der Waals surface area contributed by atoms with Gasteiger partial charge in [0, 0.05) is 108 Å². The van der Waals surface area contributed by atoms with Crippen molar-refractivity contribution in [2.45, 2.75) is 45.1 Å². The van der Waals surface area contributed by atoms with Crippen LogP contribution < -0.4 is 55.1 Å². The smallest absolute Gasteiger partial charge is 0.870 e. The predicted octanol–water partition coefficient (Wildman–Crippen LogP) is 8.26. The number of nitrogens with zero attached hydrogens (tertiary/aromatic N) is 4. The summed E-state index contributed by atoms with van der Waals surface area (Å²) in [6.07, 6.45) is 1.38. The van der Waals surface area contributed by atoms with Gasteiger partial charge in [-0.15, -0.1) is 0 Å². The third kappa shape index (κ3) is 18.3. The van der Waals surface area contributed by atoms with Crippen LogP contribution in [0.25, 0.3) is 33.4 Å². The van der Waals surface area contributed by atoms with Crippen LogP contribution in [-0.2, 0) is 46.9 Å². The second kappa shape index (κ2) is 35.4. The SMILES string of the molecule is CC(=O)Oc1cc2c(cc1F)C1(OC(=O)c3ccc(C(=O)NCCOCCOCCCc4ccc([N+](=O)[O-])cc4[N+](=O)[O-])cc31)c1cc(F)c(C)cc1O2.O=C(NCCOCCOCCCc1ccc([N+](=O)[O-])cc1[N+](=O)[O-])c1ccc(C(=O)O)c(-c2c3cc(F)c(=O)cc-3oc3cc(O)c(F)cc23)c1.[Na+].[OH-]. The van der Waals surface area contributed by atoms with Gasteiger partial charge in [-0.05, 0) is 123 Å². The summed E-state index contributed by atoms with van der Waals surface area (Å²) in [6, 6.07) is 22.9. The molecule has 0 radical (unpaired) electrons. The normalized spacial score (nSPS) is 12.9. The fourth-order valence-corrected chi connectivity index (χ4v) is 11.6. The van der Waals surface area contributed by atoms with E-state index in [-0.39, 0.29) is 226 Å². The van der Waals surface area contributed by atoms with Crippen LogP contribution in [0.15, 0.2) is 131 Å². The number of ether oxygens (including phenoxy) is 7. The molecule has 31 nitrogen and oxygen atoms in total. The van der Waals surface area contributed by atoms with Crippen LogP contribution in [0.2, 0.25) is 0 Å². The number of hydrogen-bond acceptors (Lipinski definition) is 24. The quantitative estimate of drug-likeness (QED) is 0.00500. The summed E-state index contributed by atoms with van der Waals surface area (Å²) >= 11 is 0. The molecule has 107 heavy (non-hydrogen) atoms. The predicted molar refractivity (Wildman–Crippen MR) is 360 cm³/mol. The van der Waals surface area contributed by atoms with Gasteiger partial charge < -0.3 is 63.9 Å². The van der Waals surface area contributed by atoms with Crippen molar-refractivity contribution in [2.75, 3.05) is 65.9 Å². The Balaban J connectivity index is 0.000000265. The molecule has 2 amide bonds. The number of non-ortho nitro benzene ring substituents is 2. The van der Waals surface area contributed by atoms with Crippen LogP contribution in [0, 0.1) is 70.6 Å². The van der Waals surface area contributed by atoms with E-state index in [9.17, 15) is 88.2 Å². The van der Waals surface area contributed by atoms with Crippen LogP contribution in [0.5, 0.6) is 23.0 Å². The number of aromatic carboxylic acids is 1. The Bertz CT molecular complexity index is 5040. The number of nitro benzene ring substituents is 4. The Kier molecular flexibility index (Phi) is 26.8. The number of fused-ring (bicyclic) bond motifs is 8. The molecule has 552 valence electrons. The number of rotatable bonds is 29. The Morgan fingerprint density at radius 1 is 0.561 bits per heavy atom. The number of aryl methyl sites for hydroxylation is 3. The summed E-state index contributed by atoms with van der Waals surface area (Å²) in [4.78, 5) is 117. The summed E-state index contributed by atoms with van der Waals surface area (Å²) < 4.78 is 104. The first-order chi connectivity index (χ1) is 50.1. The first-order valence-corrected chi connectivity index (χ1v) is 31.7. The molecule has 4 aliphatic rings. The van der Waals surface area contributed by atoms with Crippen molar-refractivity contribution in [3.05, 3.63) is 251 Å². The van der Waals surface area contributed by atoms with E-state index in [1.54, 1.807) is 0 Å². The Labute approximate surface area is 622 Å². The van der Waals surface area contributed by atoms with Crippen LogP contribution in [-0.4, -0.2) is 131 Å². The molecule has 1 aliphatic carbocycles. The number of phenolic OH excluding ortho intramolecular Hbond substituents is 1. The number of halogens is 4. The van der Waals surface area contributed by atoms with E-state index in [4.69, 9.17) is 37.6 Å². The van der Waals surface area contributed by atoms with Crippen LogP contribution in [0.3, 0.4) is 0 Å². The van der Waals surface area contributed by atoms with Crippen molar-refractivity contribution in [1.82, 2.24) is 10.6 Å². The number of carboxylic acids is 1. The molecular formula is C71H59F4N6NaO25.